The molecule has 22 heavy (non-hydrogen) atoms. The van der Waals surface area contributed by atoms with Crippen molar-refractivity contribution in [1.29, 1.82) is 5.26 Å². The van der Waals surface area contributed by atoms with Crippen molar-refractivity contribution in [2.75, 3.05) is 6.61 Å². The van der Waals surface area contributed by atoms with Gasteiger partial charge in [0.25, 0.3) is 11.8 Å². The summed E-state index contributed by atoms with van der Waals surface area (Å²) in [5.41, 5.74) is 0.573. The molecule has 0 saturated carbocycles. The maximum atomic E-state index is 12.4. The Kier molecular flexibility index (Phi) is 4.56. The standard InChI is InChI=1S/C16H16N2O4/c1-10(2)9-13(16(21)22-8-7-17)18-14(19)11-5-3-4-6-12(11)15(18)20/h3-6,10,13H,8-9H2,1-2H3/t13-/m0/s1. The monoisotopic (exact) mass is 300 g/mol. The molecule has 0 aliphatic carbocycles. The number of rotatable bonds is 5. The summed E-state index contributed by atoms with van der Waals surface area (Å²) in [6, 6.07) is 7.14. The van der Waals surface area contributed by atoms with Gasteiger partial charge >= 0.3 is 5.97 Å². The lowest BCUT2D eigenvalue weighted by Gasteiger charge is -2.25. The van der Waals surface area contributed by atoms with E-state index in [9.17, 15) is 14.4 Å². The Morgan fingerprint density at radius 1 is 1.23 bits per heavy atom. The summed E-state index contributed by atoms with van der Waals surface area (Å²) in [6.07, 6.45) is 0.287. The predicted octanol–water partition coefficient (Wildman–Crippen LogP) is 1.76. The number of ether oxygens (including phenoxy) is 1. The first-order valence-corrected chi connectivity index (χ1v) is 6.97. The largest absolute Gasteiger partial charge is 0.449 e. The summed E-state index contributed by atoms with van der Waals surface area (Å²) in [4.78, 5) is 38.0. The lowest BCUT2D eigenvalue weighted by atomic mass is 10.0. The van der Waals surface area contributed by atoms with E-state index in [0.717, 1.165) is 4.90 Å². The maximum absolute atomic E-state index is 12.4. The van der Waals surface area contributed by atoms with Gasteiger partial charge in [-0.2, -0.15) is 5.26 Å². The average molecular weight is 300 g/mol. The molecule has 1 aliphatic heterocycles. The summed E-state index contributed by atoms with van der Waals surface area (Å²) in [5.74, 6) is -1.66. The van der Waals surface area contributed by atoms with Crippen molar-refractivity contribution in [1.82, 2.24) is 4.90 Å². The molecule has 1 aromatic rings. The van der Waals surface area contributed by atoms with Crippen molar-refractivity contribution in [3.8, 4) is 6.07 Å². The molecule has 1 heterocycles. The van der Waals surface area contributed by atoms with E-state index >= 15 is 0 Å². The Hall–Kier alpha value is -2.68. The van der Waals surface area contributed by atoms with Gasteiger partial charge in [-0.25, -0.2) is 4.79 Å². The fraction of sp³-hybridized carbons (Fsp3) is 0.375. The molecule has 1 aliphatic rings. The molecule has 0 N–H and O–H groups in total. The normalized spacial score (nSPS) is 14.7. The molecule has 0 bridgehead atoms. The Morgan fingerprint density at radius 2 is 1.77 bits per heavy atom. The molecule has 0 saturated heterocycles. The molecule has 1 atom stereocenters. The van der Waals surface area contributed by atoms with Crippen molar-refractivity contribution >= 4 is 17.8 Å². The SMILES string of the molecule is CC(C)C[C@@H](C(=O)OCC#N)N1C(=O)c2ccccc2C1=O. The van der Waals surface area contributed by atoms with Gasteiger partial charge in [-0.3, -0.25) is 14.5 Å². The van der Waals surface area contributed by atoms with Crippen LogP contribution in [-0.2, 0) is 9.53 Å². The van der Waals surface area contributed by atoms with Crippen molar-refractivity contribution in [3.63, 3.8) is 0 Å². The third-order valence-corrected chi connectivity index (χ3v) is 3.38. The second kappa shape index (κ2) is 6.39. The molecule has 114 valence electrons. The van der Waals surface area contributed by atoms with Crippen LogP contribution in [-0.4, -0.2) is 35.3 Å². The zero-order chi connectivity index (χ0) is 16.3. The Morgan fingerprint density at radius 3 is 2.23 bits per heavy atom. The van der Waals surface area contributed by atoms with E-state index in [2.05, 4.69) is 0 Å². The van der Waals surface area contributed by atoms with Crippen LogP contribution in [0, 0.1) is 17.2 Å². The van der Waals surface area contributed by atoms with Crippen molar-refractivity contribution < 1.29 is 19.1 Å². The summed E-state index contributed by atoms with van der Waals surface area (Å²) in [7, 11) is 0. The van der Waals surface area contributed by atoms with Gasteiger partial charge in [0.2, 0.25) is 0 Å². The van der Waals surface area contributed by atoms with Crippen LogP contribution < -0.4 is 0 Å². The summed E-state index contributed by atoms with van der Waals surface area (Å²) < 4.78 is 4.82. The molecule has 0 radical (unpaired) electrons. The second-order valence-corrected chi connectivity index (χ2v) is 5.44. The number of nitrogens with zero attached hydrogens (tertiary/aromatic N) is 2. The number of carbonyl (C=O) groups excluding carboxylic acids is 3. The Labute approximate surface area is 128 Å². The van der Waals surface area contributed by atoms with Crippen LogP contribution in [0.3, 0.4) is 0 Å². The fourth-order valence-corrected chi connectivity index (χ4v) is 2.44. The molecule has 0 fully saturated rings. The van der Waals surface area contributed by atoms with Gasteiger partial charge in [-0.1, -0.05) is 26.0 Å². The van der Waals surface area contributed by atoms with Gasteiger partial charge < -0.3 is 4.74 Å². The number of nitriles is 1. The molecule has 2 rings (SSSR count). The number of hydrogen-bond donors (Lipinski definition) is 0. The van der Waals surface area contributed by atoms with E-state index in [0.29, 0.717) is 0 Å². The van der Waals surface area contributed by atoms with Crippen molar-refractivity contribution in [3.05, 3.63) is 35.4 Å². The molecular formula is C16H16N2O4. The number of benzene rings is 1. The molecule has 0 aromatic heterocycles. The third-order valence-electron chi connectivity index (χ3n) is 3.38. The topological polar surface area (TPSA) is 87.5 Å². The van der Waals surface area contributed by atoms with Crippen LogP contribution in [0.4, 0.5) is 0 Å². The number of imide groups is 1. The van der Waals surface area contributed by atoms with Crippen LogP contribution in [0.5, 0.6) is 0 Å². The predicted molar refractivity (Wildman–Crippen MR) is 76.8 cm³/mol. The van der Waals surface area contributed by atoms with Crippen LogP contribution in [0.1, 0.15) is 41.0 Å². The third kappa shape index (κ3) is 2.84. The second-order valence-electron chi connectivity index (χ2n) is 5.44. The van der Waals surface area contributed by atoms with Gasteiger partial charge in [0.15, 0.2) is 6.61 Å². The van der Waals surface area contributed by atoms with Crippen LogP contribution in [0.2, 0.25) is 0 Å². The summed E-state index contributed by atoms with van der Waals surface area (Å²) in [5, 5.41) is 8.52. The number of fused-ring (bicyclic) bond motifs is 1. The number of hydrogen-bond acceptors (Lipinski definition) is 5. The van der Waals surface area contributed by atoms with Crippen LogP contribution in [0.15, 0.2) is 24.3 Å². The Bertz CT molecular complexity index is 625. The first kappa shape index (κ1) is 15.7. The highest BCUT2D eigenvalue weighted by Crippen LogP contribution is 2.27. The van der Waals surface area contributed by atoms with E-state index in [1.165, 1.54) is 0 Å². The molecule has 1 aromatic carbocycles. The van der Waals surface area contributed by atoms with E-state index < -0.39 is 30.4 Å². The molecule has 6 nitrogen and oxygen atoms in total. The quantitative estimate of drug-likeness (QED) is 0.611. The maximum Gasteiger partial charge on any atom is 0.330 e. The van der Waals surface area contributed by atoms with Gasteiger partial charge in [-0.15, -0.1) is 0 Å². The number of amides is 2. The molecule has 2 amide bonds. The van der Waals surface area contributed by atoms with Gasteiger partial charge in [-0.05, 0) is 24.5 Å². The Balaban J connectivity index is 2.33. The summed E-state index contributed by atoms with van der Waals surface area (Å²) >= 11 is 0. The first-order chi connectivity index (χ1) is 10.5. The zero-order valence-electron chi connectivity index (χ0n) is 12.4. The van der Waals surface area contributed by atoms with Crippen molar-refractivity contribution in [2.24, 2.45) is 5.92 Å². The van der Waals surface area contributed by atoms with E-state index in [-0.39, 0.29) is 23.5 Å². The van der Waals surface area contributed by atoms with E-state index in [1.54, 1.807) is 30.3 Å². The van der Waals surface area contributed by atoms with E-state index in [1.807, 2.05) is 13.8 Å². The lowest BCUT2D eigenvalue weighted by Crippen LogP contribution is -2.46. The molecule has 0 unspecified atom stereocenters. The van der Waals surface area contributed by atoms with Gasteiger partial charge in [0.05, 0.1) is 11.1 Å². The fourth-order valence-electron chi connectivity index (χ4n) is 2.44. The highest BCUT2D eigenvalue weighted by Gasteiger charge is 2.43. The average Bonchev–Trinajstić information content (AvgIpc) is 2.74. The van der Waals surface area contributed by atoms with Crippen LogP contribution in [0.25, 0.3) is 0 Å². The highest BCUT2D eigenvalue weighted by atomic mass is 16.5. The molecular weight excluding hydrogens is 284 g/mol. The van der Waals surface area contributed by atoms with Crippen molar-refractivity contribution in [2.45, 2.75) is 26.3 Å². The molecule has 6 heteroatoms. The number of esters is 1. The van der Waals surface area contributed by atoms with Gasteiger partial charge in [0.1, 0.15) is 12.1 Å². The minimum absolute atomic E-state index is 0.0731. The molecule has 0 spiro atoms. The minimum Gasteiger partial charge on any atom is -0.449 e. The van der Waals surface area contributed by atoms with Gasteiger partial charge in [0, 0.05) is 0 Å². The zero-order valence-corrected chi connectivity index (χ0v) is 12.4. The summed E-state index contributed by atoms with van der Waals surface area (Å²) in [6.45, 7) is 3.35. The lowest BCUT2D eigenvalue weighted by molar-refractivity contribution is -0.147. The van der Waals surface area contributed by atoms with E-state index in [4.69, 9.17) is 10.00 Å². The highest BCUT2D eigenvalue weighted by molar-refractivity contribution is 6.22. The minimum atomic E-state index is -1.01. The van der Waals surface area contributed by atoms with Crippen LogP contribution >= 0.6 is 0 Å². The first-order valence-electron chi connectivity index (χ1n) is 6.97. The smallest absolute Gasteiger partial charge is 0.330 e. The number of carbonyl (C=O) groups is 3.